The largest absolute Gasteiger partial charge is 0.386 e. The zero-order valence-corrected chi connectivity index (χ0v) is 9.35. The van der Waals surface area contributed by atoms with Gasteiger partial charge in [0.1, 0.15) is 11.8 Å². The molecular formula is C11H19N3O. The van der Waals surface area contributed by atoms with E-state index in [1.54, 1.807) is 6.20 Å². The predicted molar refractivity (Wildman–Crippen MR) is 57.0 cm³/mol. The second kappa shape index (κ2) is 4.31. The molecule has 1 aliphatic carbocycles. The summed E-state index contributed by atoms with van der Waals surface area (Å²) in [7, 11) is 0. The molecule has 1 fully saturated rings. The fourth-order valence-electron chi connectivity index (χ4n) is 2.47. The summed E-state index contributed by atoms with van der Waals surface area (Å²) in [5.74, 6) is 1.83. The average molecular weight is 209 g/mol. The minimum absolute atomic E-state index is 0.348. The van der Waals surface area contributed by atoms with E-state index in [-0.39, 0.29) is 0 Å². The predicted octanol–water partition coefficient (Wildman–Crippen LogP) is 1.91. The van der Waals surface area contributed by atoms with Crippen molar-refractivity contribution in [3.05, 3.63) is 11.9 Å². The van der Waals surface area contributed by atoms with E-state index in [1.807, 2.05) is 0 Å². The lowest BCUT2D eigenvalue weighted by Crippen LogP contribution is -2.25. The molecule has 15 heavy (non-hydrogen) atoms. The van der Waals surface area contributed by atoms with Gasteiger partial charge in [-0.1, -0.05) is 20.3 Å². The van der Waals surface area contributed by atoms with Crippen LogP contribution in [0.3, 0.4) is 0 Å². The van der Waals surface area contributed by atoms with Crippen molar-refractivity contribution in [2.45, 2.75) is 39.2 Å². The Hall–Kier alpha value is -0.900. The molecule has 84 valence electrons. The molecule has 1 saturated carbocycles. The third kappa shape index (κ3) is 2.20. The maximum Gasteiger partial charge on any atom is 0.111 e. The van der Waals surface area contributed by atoms with Crippen LogP contribution in [0.2, 0.25) is 0 Å². The highest BCUT2D eigenvalue weighted by Crippen LogP contribution is 2.39. The van der Waals surface area contributed by atoms with Crippen molar-refractivity contribution in [3.8, 4) is 0 Å². The van der Waals surface area contributed by atoms with Gasteiger partial charge in [0, 0.05) is 0 Å². The monoisotopic (exact) mass is 209 g/mol. The van der Waals surface area contributed by atoms with Crippen LogP contribution >= 0.6 is 0 Å². The summed E-state index contributed by atoms with van der Waals surface area (Å²) in [5.41, 5.74) is 0.682. The van der Waals surface area contributed by atoms with Crippen LogP contribution in [0.4, 0.5) is 0 Å². The molecule has 0 aromatic carbocycles. The summed E-state index contributed by atoms with van der Waals surface area (Å²) in [6.45, 7) is 4.57. The number of hydrogen-bond acceptors (Lipinski definition) is 3. The maximum absolute atomic E-state index is 10.1. The van der Waals surface area contributed by atoms with E-state index in [0.717, 1.165) is 18.8 Å². The van der Waals surface area contributed by atoms with Gasteiger partial charge in [-0.05, 0) is 30.6 Å². The summed E-state index contributed by atoms with van der Waals surface area (Å²) >= 11 is 0. The number of aliphatic hydroxyl groups is 1. The number of H-pyrrole nitrogens is 1. The van der Waals surface area contributed by atoms with Gasteiger partial charge >= 0.3 is 0 Å². The molecule has 0 amide bonds. The first-order valence-corrected chi connectivity index (χ1v) is 5.72. The molecule has 0 saturated heterocycles. The topological polar surface area (TPSA) is 61.8 Å². The molecule has 4 unspecified atom stereocenters. The van der Waals surface area contributed by atoms with Crippen LogP contribution in [0.25, 0.3) is 0 Å². The molecule has 0 radical (unpaired) electrons. The van der Waals surface area contributed by atoms with Crippen LogP contribution < -0.4 is 0 Å². The molecule has 1 aromatic rings. The fourth-order valence-corrected chi connectivity index (χ4v) is 2.47. The zero-order chi connectivity index (χ0) is 10.8. The van der Waals surface area contributed by atoms with Crippen molar-refractivity contribution in [1.29, 1.82) is 0 Å². The van der Waals surface area contributed by atoms with Gasteiger partial charge in [0.2, 0.25) is 0 Å². The van der Waals surface area contributed by atoms with Crippen LogP contribution in [-0.4, -0.2) is 20.5 Å². The Balaban J connectivity index is 2.00. The Kier molecular flexibility index (Phi) is 3.05. The van der Waals surface area contributed by atoms with E-state index >= 15 is 0 Å². The lowest BCUT2D eigenvalue weighted by molar-refractivity contribution is 0.0531. The Labute approximate surface area is 90.1 Å². The molecule has 1 aromatic heterocycles. The van der Waals surface area contributed by atoms with Gasteiger partial charge in [-0.3, -0.25) is 0 Å². The van der Waals surface area contributed by atoms with Crippen molar-refractivity contribution in [2.75, 3.05) is 0 Å². The molecule has 4 atom stereocenters. The van der Waals surface area contributed by atoms with Gasteiger partial charge in [0.05, 0.1) is 6.20 Å². The number of aromatic amines is 1. The second-order valence-electron chi connectivity index (χ2n) is 4.87. The van der Waals surface area contributed by atoms with Crippen LogP contribution in [0.5, 0.6) is 0 Å². The van der Waals surface area contributed by atoms with Gasteiger partial charge in [-0.2, -0.15) is 15.4 Å². The quantitative estimate of drug-likeness (QED) is 0.782. The minimum atomic E-state index is -0.446. The Morgan fingerprint density at radius 3 is 2.80 bits per heavy atom. The molecule has 0 aliphatic heterocycles. The van der Waals surface area contributed by atoms with Gasteiger partial charge in [-0.25, -0.2) is 0 Å². The first-order valence-electron chi connectivity index (χ1n) is 5.72. The van der Waals surface area contributed by atoms with Gasteiger partial charge in [-0.15, -0.1) is 0 Å². The summed E-state index contributed by atoms with van der Waals surface area (Å²) < 4.78 is 0. The third-order valence-electron chi connectivity index (χ3n) is 3.82. The molecule has 0 spiro atoms. The molecule has 4 heteroatoms. The number of aromatic nitrogens is 3. The maximum atomic E-state index is 10.1. The number of nitrogens with one attached hydrogen (secondary N) is 1. The first-order chi connectivity index (χ1) is 7.18. The number of aliphatic hydroxyl groups excluding tert-OH is 1. The highest BCUT2D eigenvalue weighted by molar-refractivity contribution is 4.99. The molecule has 2 rings (SSSR count). The van der Waals surface area contributed by atoms with E-state index in [1.165, 1.54) is 6.42 Å². The summed E-state index contributed by atoms with van der Waals surface area (Å²) in [6.07, 6.45) is 4.57. The smallest absolute Gasteiger partial charge is 0.111 e. The van der Waals surface area contributed by atoms with Crippen molar-refractivity contribution in [1.82, 2.24) is 15.4 Å². The standard InChI is InChI=1S/C11H19N3O/c1-7-3-4-9(5-8(7)2)11(15)10-6-12-14-13-10/h6-9,11,15H,3-5H2,1-2H3,(H,12,13,14). The lowest BCUT2D eigenvalue weighted by atomic mass is 9.73. The van der Waals surface area contributed by atoms with E-state index < -0.39 is 6.10 Å². The lowest BCUT2D eigenvalue weighted by Gasteiger charge is -2.33. The first kappa shape index (κ1) is 10.6. The van der Waals surface area contributed by atoms with E-state index in [9.17, 15) is 5.11 Å². The Morgan fingerprint density at radius 2 is 2.20 bits per heavy atom. The molecule has 0 bridgehead atoms. The Bertz CT molecular complexity index is 299. The van der Waals surface area contributed by atoms with Gasteiger partial charge in [0.15, 0.2) is 0 Å². The number of rotatable bonds is 2. The number of nitrogens with zero attached hydrogens (tertiary/aromatic N) is 2. The highest BCUT2D eigenvalue weighted by atomic mass is 16.3. The van der Waals surface area contributed by atoms with Gasteiger partial charge < -0.3 is 5.11 Å². The molecule has 4 nitrogen and oxygen atoms in total. The molecule has 1 heterocycles. The van der Waals surface area contributed by atoms with Crippen LogP contribution in [0.15, 0.2) is 6.20 Å². The molecular weight excluding hydrogens is 190 g/mol. The second-order valence-corrected chi connectivity index (χ2v) is 4.87. The van der Waals surface area contributed by atoms with E-state index in [4.69, 9.17) is 0 Å². The minimum Gasteiger partial charge on any atom is -0.386 e. The highest BCUT2D eigenvalue weighted by Gasteiger charge is 2.30. The van der Waals surface area contributed by atoms with Crippen LogP contribution in [0, 0.1) is 17.8 Å². The summed E-state index contributed by atoms with van der Waals surface area (Å²) in [6, 6.07) is 0. The molecule has 2 N–H and O–H groups in total. The Morgan fingerprint density at radius 1 is 1.40 bits per heavy atom. The van der Waals surface area contributed by atoms with Crippen molar-refractivity contribution in [3.63, 3.8) is 0 Å². The summed E-state index contributed by atoms with van der Waals surface area (Å²) in [4.78, 5) is 0. The molecule has 1 aliphatic rings. The zero-order valence-electron chi connectivity index (χ0n) is 9.35. The average Bonchev–Trinajstić information content (AvgIpc) is 2.74. The van der Waals surface area contributed by atoms with E-state index in [0.29, 0.717) is 17.5 Å². The number of hydrogen-bond donors (Lipinski definition) is 2. The van der Waals surface area contributed by atoms with Gasteiger partial charge in [0.25, 0.3) is 0 Å². The van der Waals surface area contributed by atoms with Crippen molar-refractivity contribution >= 4 is 0 Å². The van der Waals surface area contributed by atoms with E-state index in [2.05, 4.69) is 29.3 Å². The van der Waals surface area contributed by atoms with Crippen LogP contribution in [-0.2, 0) is 0 Å². The third-order valence-corrected chi connectivity index (χ3v) is 3.82. The van der Waals surface area contributed by atoms with Crippen molar-refractivity contribution < 1.29 is 5.11 Å². The van der Waals surface area contributed by atoms with Crippen LogP contribution in [0.1, 0.15) is 44.9 Å². The summed E-state index contributed by atoms with van der Waals surface area (Å²) in [5, 5.41) is 20.4. The fraction of sp³-hybridized carbons (Fsp3) is 0.818. The normalized spacial score (nSPS) is 33.9. The van der Waals surface area contributed by atoms with Crippen molar-refractivity contribution in [2.24, 2.45) is 17.8 Å². The SMILES string of the molecule is CC1CCC(C(O)c2cn[nH]n2)CC1C.